The van der Waals surface area contributed by atoms with Crippen molar-refractivity contribution in [3.63, 3.8) is 0 Å². The second kappa shape index (κ2) is 8.13. The van der Waals surface area contributed by atoms with Gasteiger partial charge in [0, 0.05) is 19.6 Å². The summed E-state index contributed by atoms with van der Waals surface area (Å²) < 4.78 is 12.9. The van der Waals surface area contributed by atoms with Crippen LogP contribution in [0.15, 0.2) is 54.6 Å². The Kier molecular flexibility index (Phi) is 5.66. The highest BCUT2D eigenvalue weighted by molar-refractivity contribution is 5.92. The maximum absolute atomic E-state index is 12.9. The van der Waals surface area contributed by atoms with E-state index in [9.17, 15) is 14.0 Å². The van der Waals surface area contributed by atoms with Crippen molar-refractivity contribution in [3.8, 4) is 0 Å². The van der Waals surface area contributed by atoms with E-state index in [2.05, 4.69) is 5.32 Å². The smallest absolute Gasteiger partial charge is 0.226 e. The Hall–Kier alpha value is -2.69. The third-order valence-electron chi connectivity index (χ3n) is 4.73. The predicted molar refractivity (Wildman–Crippen MR) is 97.4 cm³/mol. The molecule has 2 aromatic rings. The molecule has 0 heterocycles. The minimum atomic E-state index is -0.300. The summed E-state index contributed by atoms with van der Waals surface area (Å²) in [5.74, 6) is -0.854. The van der Waals surface area contributed by atoms with Crippen LogP contribution in [0.2, 0.25) is 0 Å². The number of hydrogen-bond acceptors (Lipinski definition) is 2. The number of amides is 2. The molecule has 0 saturated heterocycles. The standard InChI is InChI=1S/C21H23FN2O2/c1-2-24(14-16-6-4-3-5-7-16)21(26)19-12-18(19)20(25)23-13-15-8-10-17(22)11-9-15/h3-11,18-19H,2,12-14H2,1H3,(H,23,25). The fraction of sp³-hybridized carbons (Fsp3) is 0.333. The lowest BCUT2D eigenvalue weighted by Crippen LogP contribution is -2.33. The average Bonchev–Trinajstić information content (AvgIpc) is 3.46. The summed E-state index contributed by atoms with van der Waals surface area (Å²) in [5.41, 5.74) is 1.92. The van der Waals surface area contributed by atoms with Crippen molar-refractivity contribution in [1.82, 2.24) is 10.2 Å². The molecule has 0 spiro atoms. The molecule has 0 aliphatic heterocycles. The molecule has 1 fully saturated rings. The number of carbonyl (C=O) groups excluding carboxylic acids is 2. The number of halogens is 1. The molecule has 1 aliphatic rings. The number of nitrogens with zero attached hydrogens (tertiary/aromatic N) is 1. The van der Waals surface area contributed by atoms with Crippen LogP contribution < -0.4 is 5.32 Å². The van der Waals surface area contributed by atoms with E-state index in [0.717, 1.165) is 11.1 Å². The summed E-state index contributed by atoms with van der Waals surface area (Å²) in [6.45, 7) is 3.48. The van der Waals surface area contributed by atoms with Gasteiger partial charge in [0.1, 0.15) is 5.82 Å². The van der Waals surface area contributed by atoms with E-state index in [0.29, 0.717) is 26.1 Å². The second-order valence-corrected chi connectivity index (χ2v) is 6.63. The van der Waals surface area contributed by atoms with Crippen LogP contribution in [0.5, 0.6) is 0 Å². The van der Waals surface area contributed by atoms with Crippen molar-refractivity contribution >= 4 is 11.8 Å². The largest absolute Gasteiger partial charge is 0.352 e. The molecule has 1 N–H and O–H groups in total. The van der Waals surface area contributed by atoms with Crippen molar-refractivity contribution in [2.75, 3.05) is 6.54 Å². The molecule has 3 rings (SSSR count). The van der Waals surface area contributed by atoms with Crippen LogP contribution >= 0.6 is 0 Å². The molecule has 2 atom stereocenters. The third-order valence-corrected chi connectivity index (χ3v) is 4.73. The minimum absolute atomic E-state index is 0.0401. The lowest BCUT2D eigenvalue weighted by Gasteiger charge is -2.21. The van der Waals surface area contributed by atoms with E-state index >= 15 is 0 Å². The number of hydrogen-bond donors (Lipinski definition) is 1. The van der Waals surface area contributed by atoms with Crippen LogP contribution in [-0.2, 0) is 22.7 Å². The molecule has 2 aromatic carbocycles. The lowest BCUT2D eigenvalue weighted by atomic mass is 10.2. The van der Waals surface area contributed by atoms with Gasteiger partial charge in [0.25, 0.3) is 0 Å². The van der Waals surface area contributed by atoms with Crippen molar-refractivity contribution < 1.29 is 14.0 Å². The van der Waals surface area contributed by atoms with Crippen molar-refractivity contribution in [2.45, 2.75) is 26.4 Å². The molecule has 1 saturated carbocycles. The van der Waals surface area contributed by atoms with Crippen LogP contribution in [0.4, 0.5) is 4.39 Å². The molecule has 0 aromatic heterocycles. The molecule has 0 radical (unpaired) electrons. The van der Waals surface area contributed by atoms with Crippen molar-refractivity contribution in [3.05, 3.63) is 71.5 Å². The first-order valence-corrected chi connectivity index (χ1v) is 8.93. The molecule has 0 bridgehead atoms. The Balaban J connectivity index is 1.50. The quantitative estimate of drug-likeness (QED) is 0.830. The van der Waals surface area contributed by atoms with Gasteiger partial charge in [0.05, 0.1) is 11.8 Å². The van der Waals surface area contributed by atoms with E-state index in [1.54, 1.807) is 17.0 Å². The summed E-state index contributed by atoms with van der Waals surface area (Å²) in [4.78, 5) is 26.7. The van der Waals surface area contributed by atoms with Crippen LogP contribution in [-0.4, -0.2) is 23.3 Å². The third kappa shape index (κ3) is 4.48. The fourth-order valence-corrected chi connectivity index (χ4v) is 3.06. The van der Waals surface area contributed by atoms with E-state index in [1.807, 2.05) is 37.3 Å². The van der Waals surface area contributed by atoms with E-state index in [4.69, 9.17) is 0 Å². The molecule has 5 heteroatoms. The van der Waals surface area contributed by atoms with Gasteiger partial charge in [-0.05, 0) is 36.6 Å². The Bertz CT molecular complexity index is 761. The van der Waals surface area contributed by atoms with Crippen molar-refractivity contribution in [1.29, 1.82) is 0 Å². The maximum Gasteiger partial charge on any atom is 0.226 e. The summed E-state index contributed by atoms with van der Waals surface area (Å²) >= 11 is 0. The van der Waals surface area contributed by atoms with E-state index < -0.39 is 0 Å². The number of nitrogens with one attached hydrogen (secondary N) is 1. The average molecular weight is 354 g/mol. The Morgan fingerprint density at radius 2 is 1.73 bits per heavy atom. The zero-order chi connectivity index (χ0) is 18.5. The highest BCUT2D eigenvalue weighted by Gasteiger charge is 2.49. The predicted octanol–water partition coefficient (Wildman–Crippen LogP) is 3.13. The molecular weight excluding hydrogens is 331 g/mol. The normalized spacial score (nSPS) is 18.2. The zero-order valence-electron chi connectivity index (χ0n) is 14.8. The molecular formula is C21H23FN2O2. The molecule has 26 heavy (non-hydrogen) atoms. The van der Waals surface area contributed by atoms with Crippen molar-refractivity contribution in [2.24, 2.45) is 11.8 Å². The van der Waals surface area contributed by atoms with Gasteiger partial charge in [-0.25, -0.2) is 4.39 Å². The van der Waals surface area contributed by atoms with Crippen LogP contribution in [0.1, 0.15) is 24.5 Å². The number of rotatable bonds is 7. The first-order valence-electron chi connectivity index (χ1n) is 8.93. The minimum Gasteiger partial charge on any atom is -0.352 e. The first kappa shape index (κ1) is 18.1. The second-order valence-electron chi connectivity index (χ2n) is 6.63. The van der Waals surface area contributed by atoms with Gasteiger partial charge in [0.15, 0.2) is 0 Å². The van der Waals surface area contributed by atoms with Crippen LogP contribution in [0.25, 0.3) is 0 Å². The Morgan fingerprint density at radius 3 is 2.38 bits per heavy atom. The lowest BCUT2D eigenvalue weighted by molar-refractivity contribution is -0.135. The fourth-order valence-electron chi connectivity index (χ4n) is 3.06. The van der Waals surface area contributed by atoms with Gasteiger partial charge in [0.2, 0.25) is 11.8 Å². The van der Waals surface area contributed by atoms with Crippen LogP contribution in [0.3, 0.4) is 0 Å². The van der Waals surface area contributed by atoms with E-state index in [1.165, 1.54) is 12.1 Å². The summed E-state index contributed by atoms with van der Waals surface area (Å²) in [5, 5.41) is 2.84. The monoisotopic (exact) mass is 354 g/mol. The topological polar surface area (TPSA) is 49.4 Å². The number of carbonyl (C=O) groups is 2. The highest BCUT2D eigenvalue weighted by Crippen LogP contribution is 2.40. The van der Waals surface area contributed by atoms with Gasteiger partial charge in [-0.1, -0.05) is 42.5 Å². The molecule has 1 aliphatic carbocycles. The number of benzene rings is 2. The molecule has 2 amide bonds. The summed E-state index contributed by atoms with van der Waals surface area (Å²) in [7, 11) is 0. The molecule has 2 unspecified atom stereocenters. The van der Waals surface area contributed by atoms with E-state index in [-0.39, 0.29) is 29.5 Å². The summed E-state index contributed by atoms with van der Waals surface area (Å²) in [6.07, 6.45) is 0.597. The maximum atomic E-state index is 12.9. The summed E-state index contributed by atoms with van der Waals surface area (Å²) in [6, 6.07) is 15.9. The van der Waals surface area contributed by atoms with Gasteiger partial charge in [-0.15, -0.1) is 0 Å². The van der Waals surface area contributed by atoms with Gasteiger partial charge < -0.3 is 10.2 Å². The highest BCUT2D eigenvalue weighted by atomic mass is 19.1. The Labute approximate surface area is 153 Å². The van der Waals surface area contributed by atoms with Gasteiger partial charge in [-0.3, -0.25) is 9.59 Å². The molecule has 4 nitrogen and oxygen atoms in total. The first-order chi connectivity index (χ1) is 12.6. The zero-order valence-corrected chi connectivity index (χ0v) is 14.8. The Morgan fingerprint density at radius 1 is 1.04 bits per heavy atom. The van der Waals surface area contributed by atoms with Gasteiger partial charge in [-0.2, -0.15) is 0 Å². The molecule has 136 valence electrons. The van der Waals surface area contributed by atoms with Crippen LogP contribution in [0, 0.1) is 17.7 Å². The van der Waals surface area contributed by atoms with Gasteiger partial charge >= 0.3 is 0 Å². The SMILES string of the molecule is CCN(Cc1ccccc1)C(=O)C1CC1C(=O)NCc1ccc(F)cc1.